The van der Waals surface area contributed by atoms with Crippen molar-refractivity contribution in [2.24, 2.45) is 0 Å². The van der Waals surface area contributed by atoms with Crippen molar-refractivity contribution in [2.75, 3.05) is 18.4 Å². The number of rotatable bonds is 4. The van der Waals surface area contributed by atoms with E-state index in [-0.39, 0.29) is 5.91 Å². The van der Waals surface area contributed by atoms with Crippen LogP contribution in [0.4, 0.5) is 5.82 Å². The second-order valence-corrected chi connectivity index (χ2v) is 5.86. The number of aromatic nitrogens is 1. The molecule has 0 saturated carbocycles. The lowest BCUT2D eigenvalue weighted by atomic mass is 10.1. The average molecular weight is 295 g/mol. The van der Waals surface area contributed by atoms with Gasteiger partial charge >= 0.3 is 0 Å². The average Bonchev–Trinajstić information content (AvgIpc) is 3.03. The molecule has 1 aromatic heterocycles. The Morgan fingerprint density at radius 3 is 2.50 bits per heavy atom. The lowest BCUT2D eigenvalue weighted by Crippen LogP contribution is -2.18. The first-order chi connectivity index (χ1) is 10.7. The lowest BCUT2D eigenvalue weighted by Gasteiger charge is -2.14. The molecule has 1 fully saturated rings. The minimum atomic E-state index is -0.121. The van der Waals surface area contributed by atoms with Gasteiger partial charge in [-0.25, -0.2) is 4.98 Å². The highest BCUT2D eigenvalue weighted by atomic mass is 16.1. The Hall–Kier alpha value is -2.20. The Balaban J connectivity index is 1.61. The molecule has 4 nitrogen and oxygen atoms in total. The van der Waals surface area contributed by atoms with E-state index in [1.165, 1.54) is 31.5 Å². The Labute approximate surface area is 131 Å². The van der Waals surface area contributed by atoms with Crippen LogP contribution in [0.3, 0.4) is 0 Å². The first kappa shape index (κ1) is 14.7. The van der Waals surface area contributed by atoms with E-state index in [1.807, 2.05) is 43.3 Å². The monoisotopic (exact) mass is 295 g/mol. The second-order valence-electron chi connectivity index (χ2n) is 5.86. The number of amides is 1. The predicted molar refractivity (Wildman–Crippen MR) is 87.9 cm³/mol. The second kappa shape index (κ2) is 6.71. The maximum atomic E-state index is 12.2. The molecule has 2 heterocycles. The van der Waals surface area contributed by atoms with E-state index in [4.69, 9.17) is 0 Å². The number of aryl methyl sites for hydroxylation is 1. The molecule has 0 bridgehead atoms. The quantitative estimate of drug-likeness (QED) is 0.942. The highest BCUT2D eigenvalue weighted by Gasteiger charge is 2.12. The van der Waals surface area contributed by atoms with Crippen LogP contribution in [0.1, 0.15) is 34.3 Å². The van der Waals surface area contributed by atoms with Crippen LogP contribution in [0.25, 0.3) is 0 Å². The number of hydrogen-bond donors (Lipinski definition) is 1. The molecular weight excluding hydrogens is 274 g/mol. The molecule has 4 heteroatoms. The summed E-state index contributed by atoms with van der Waals surface area (Å²) in [5, 5.41) is 2.82. The molecule has 0 atom stereocenters. The zero-order valence-corrected chi connectivity index (χ0v) is 12.9. The van der Waals surface area contributed by atoms with Gasteiger partial charge in [0.25, 0.3) is 5.91 Å². The number of nitrogens with one attached hydrogen (secondary N) is 1. The number of hydrogen-bond acceptors (Lipinski definition) is 3. The van der Waals surface area contributed by atoms with Crippen molar-refractivity contribution in [3.8, 4) is 0 Å². The van der Waals surface area contributed by atoms with E-state index in [0.717, 1.165) is 12.1 Å². The summed E-state index contributed by atoms with van der Waals surface area (Å²) >= 11 is 0. The maximum absolute atomic E-state index is 12.2. The molecule has 3 rings (SSSR count). The van der Waals surface area contributed by atoms with Gasteiger partial charge in [0.05, 0.1) is 0 Å². The third-order valence-corrected chi connectivity index (χ3v) is 3.97. The maximum Gasteiger partial charge on any atom is 0.256 e. The topological polar surface area (TPSA) is 45.2 Å². The smallest absolute Gasteiger partial charge is 0.256 e. The van der Waals surface area contributed by atoms with E-state index >= 15 is 0 Å². The number of carbonyl (C=O) groups excluding carboxylic acids is 1. The Bertz CT molecular complexity index is 628. The molecule has 1 aliphatic heterocycles. The van der Waals surface area contributed by atoms with Gasteiger partial charge in [-0.2, -0.15) is 0 Å². The highest BCUT2D eigenvalue weighted by molar-refractivity contribution is 6.03. The van der Waals surface area contributed by atoms with E-state index < -0.39 is 0 Å². The Morgan fingerprint density at radius 2 is 1.86 bits per heavy atom. The summed E-state index contributed by atoms with van der Waals surface area (Å²) in [4.78, 5) is 18.8. The fourth-order valence-corrected chi connectivity index (χ4v) is 2.69. The number of carbonyl (C=O) groups is 1. The summed E-state index contributed by atoms with van der Waals surface area (Å²) in [5.41, 5.74) is 2.99. The zero-order valence-electron chi connectivity index (χ0n) is 12.9. The van der Waals surface area contributed by atoms with Crippen molar-refractivity contribution in [3.05, 3.63) is 59.3 Å². The van der Waals surface area contributed by atoms with Crippen LogP contribution >= 0.6 is 0 Å². The zero-order chi connectivity index (χ0) is 15.4. The van der Waals surface area contributed by atoms with Gasteiger partial charge in [0.1, 0.15) is 5.82 Å². The summed E-state index contributed by atoms with van der Waals surface area (Å²) in [6, 6.07) is 11.6. The SMILES string of the molecule is Cc1ccc(NC(=O)c2ccc(CN3CCCC3)cc2)nc1. The van der Waals surface area contributed by atoms with E-state index in [1.54, 1.807) is 6.20 Å². The molecule has 1 amide bonds. The molecule has 22 heavy (non-hydrogen) atoms. The van der Waals surface area contributed by atoms with Crippen LogP contribution in [0.15, 0.2) is 42.6 Å². The molecule has 0 radical (unpaired) electrons. The normalized spacial score (nSPS) is 15.0. The molecule has 1 aromatic carbocycles. The van der Waals surface area contributed by atoms with Gasteiger partial charge in [-0.15, -0.1) is 0 Å². The van der Waals surface area contributed by atoms with Crippen LogP contribution in [0, 0.1) is 6.92 Å². The van der Waals surface area contributed by atoms with Crippen LogP contribution in [0.5, 0.6) is 0 Å². The lowest BCUT2D eigenvalue weighted by molar-refractivity contribution is 0.102. The van der Waals surface area contributed by atoms with Crippen molar-refractivity contribution >= 4 is 11.7 Å². The molecule has 0 spiro atoms. The molecule has 0 unspecified atom stereocenters. The third kappa shape index (κ3) is 3.71. The number of benzene rings is 1. The van der Waals surface area contributed by atoms with E-state index in [0.29, 0.717) is 11.4 Å². The molecule has 0 aliphatic carbocycles. The first-order valence-corrected chi connectivity index (χ1v) is 7.76. The number of likely N-dealkylation sites (tertiary alicyclic amines) is 1. The van der Waals surface area contributed by atoms with Crippen molar-refractivity contribution in [2.45, 2.75) is 26.3 Å². The number of nitrogens with zero attached hydrogens (tertiary/aromatic N) is 2. The van der Waals surface area contributed by atoms with Gasteiger partial charge < -0.3 is 5.32 Å². The van der Waals surface area contributed by atoms with Crippen LogP contribution < -0.4 is 5.32 Å². The van der Waals surface area contributed by atoms with Crippen molar-refractivity contribution < 1.29 is 4.79 Å². The third-order valence-electron chi connectivity index (χ3n) is 3.97. The minimum Gasteiger partial charge on any atom is -0.307 e. The van der Waals surface area contributed by atoms with Crippen LogP contribution in [-0.2, 0) is 6.54 Å². The summed E-state index contributed by atoms with van der Waals surface area (Å²) < 4.78 is 0. The number of anilines is 1. The summed E-state index contributed by atoms with van der Waals surface area (Å²) in [6.45, 7) is 5.31. The summed E-state index contributed by atoms with van der Waals surface area (Å²) in [7, 11) is 0. The largest absolute Gasteiger partial charge is 0.307 e. The van der Waals surface area contributed by atoms with Gasteiger partial charge in [-0.1, -0.05) is 18.2 Å². The Morgan fingerprint density at radius 1 is 1.14 bits per heavy atom. The summed E-state index contributed by atoms with van der Waals surface area (Å²) in [5.74, 6) is 0.459. The molecule has 2 aromatic rings. The van der Waals surface area contributed by atoms with Gasteiger partial charge in [0.2, 0.25) is 0 Å². The van der Waals surface area contributed by atoms with Gasteiger partial charge in [-0.05, 0) is 62.2 Å². The Kier molecular flexibility index (Phi) is 4.49. The molecule has 1 aliphatic rings. The fraction of sp³-hybridized carbons (Fsp3) is 0.333. The van der Waals surface area contributed by atoms with Crippen LogP contribution in [0.2, 0.25) is 0 Å². The van der Waals surface area contributed by atoms with E-state index in [2.05, 4.69) is 15.2 Å². The highest BCUT2D eigenvalue weighted by Crippen LogP contribution is 2.14. The minimum absolute atomic E-state index is 0.121. The molecule has 1 saturated heterocycles. The number of pyridine rings is 1. The van der Waals surface area contributed by atoms with Gasteiger partial charge in [0, 0.05) is 18.3 Å². The summed E-state index contributed by atoms with van der Waals surface area (Å²) in [6.07, 6.45) is 4.34. The fourth-order valence-electron chi connectivity index (χ4n) is 2.69. The first-order valence-electron chi connectivity index (χ1n) is 7.76. The molecule has 114 valence electrons. The molecular formula is C18H21N3O. The van der Waals surface area contributed by atoms with Crippen molar-refractivity contribution in [1.29, 1.82) is 0 Å². The van der Waals surface area contributed by atoms with Gasteiger partial charge in [-0.3, -0.25) is 9.69 Å². The van der Waals surface area contributed by atoms with Crippen molar-refractivity contribution in [1.82, 2.24) is 9.88 Å². The van der Waals surface area contributed by atoms with E-state index in [9.17, 15) is 4.79 Å². The van der Waals surface area contributed by atoms with Crippen LogP contribution in [-0.4, -0.2) is 28.9 Å². The molecule has 1 N–H and O–H groups in total. The standard InChI is InChI=1S/C18H21N3O/c1-14-4-9-17(19-12-14)20-18(22)16-7-5-15(6-8-16)13-21-10-2-3-11-21/h4-9,12H,2-3,10-11,13H2,1H3,(H,19,20,22). The predicted octanol–water partition coefficient (Wildman–Crippen LogP) is 3.24. The van der Waals surface area contributed by atoms with Crippen molar-refractivity contribution in [3.63, 3.8) is 0 Å². The van der Waals surface area contributed by atoms with Gasteiger partial charge in [0.15, 0.2) is 0 Å².